The van der Waals surface area contributed by atoms with Gasteiger partial charge in [0.05, 0.1) is 10.8 Å². The molecule has 0 bridgehead atoms. The zero-order valence-corrected chi connectivity index (χ0v) is 27.7. The van der Waals surface area contributed by atoms with Crippen LogP contribution in [0.3, 0.4) is 0 Å². The maximum Gasteiger partial charge on any atom is 0.272 e. The molecular formula is C36H27BrN4O3S2. The first-order valence-corrected chi connectivity index (χ1v) is 16.7. The van der Waals surface area contributed by atoms with Gasteiger partial charge in [-0.15, -0.1) is 23.1 Å². The first-order valence-electron chi connectivity index (χ1n) is 14.1. The molecule has 5 rings (SSSR count). The highest BCUT2D eigenvalue weighted by atomic mass is 79.9. The van der Waals surface area contributed by atoms with E-state index in [1.54, 1.807) is 55.5 Å². The van der Waals surface area contributed by atoms with Crippen molar-refractivity contribution >= 4 is 73.5 Å². The van der Waals surface area contributed by atoms with E-state index in [2.05, 4.69) is 37.9 Å². The van der Waals surface area contributed by atoms with Crippen LogP contribution in [0.4, 0.5) is 10.7 Å². The van der Waals surface area contributed by atoms with Crippen LogP contribution in [0.25, 0.3) is 17.2 Å². The summed E-state index contributed by atoms with van der Waals surface area (Å²) in [6.07, 6.45) is 1.61. The molecule has 0 fully saturated rings. The molecular weight excluding hydrogens is 680 g/mol. The smallest absolute Gasteiger partial charge is 0.272 e. The fourth-order valence-corrected chi connectivity index (χ4v) is 6.68. The van der Waals surface area contributed by atoms with E-state index in [9.17, 15) is 19.6 Å². The molecule has 0 aliphatic heterocycles. The molecule has 3 amide bonds. The summed E-state index contributed by atoms with van der Waals surface area (Å²) in [6.45, 7) is 1.78. The molecule has 1 atom stereocenters. The number of amides is 3. The van der Waals surface area contributed by atoms with Crippen LogP contribution in [-0.2, 0) is 9.59 Å². The molecule has 1 aromatic heterocycles. The van der Waals surface area contributed by atoms with Crippen molar-refractivity contribution in [3.63, 3.8) is 0 Å². The second-order valence-corrected chi connectivity index (χ2v) is 13.2. The SMILES string of the molecule is CC(Sc1cccc(NC(=O)/C(=C\c2cccc(Br)c2)NC(=O)c2ccccc2)c1)C(=O)Nc1scc(-c2ccccc2)c1C#N. The highest BCUT2D eigenvalue weighted by Gasteiger charge is 2.20. The molecule has 46 heavy (non-hydrogen) atoms. The van der Waals surface area contributed by atoms with E-state index in [0.29, 0.717) is 21.8 Å². The molecule has 0 aliphatic rings. The number of thiophene rings is 1. The van der Waals surface area contributed by atoms with Crippen molar-refractivity contribution in [3.8, 4) is 17.2 Å². The molecule has 7 nitrogen and oxygen atoms in total. The number of nitrogens with one attached hydrogen (secondary N) is 3. The third kappa shape index (κ3) is 8.40. The number of carbonyl (C=O) groups is 3. The number of nitrogens with zero attached hydrogens (tertiary/aromatic N) is 1. The molecule has 228 valence electrons. The number of thioether (sulfide) groups is 1. The largest absolute Gasteiger partial charge is 0.321 e. The van der Waals surface area contributed by atoms with Gasteiger partial charge in [-0.05, 0) is 66.6 Å². The van der Waals surface area contributed by atoms with Crippen LogP contribution in [0.1, 0.15) is 28.4 Å². The first kappa shape index (κ1) is 32.4. The number of benzene rings is 4. The van der Waals surface area contributed by atoms with Gasteiger partial charge in [0.25, 0.3) is 11.8 Å². The minimum Gasteiger partial charge on any atom is -0.321 e. The highest BCUT2D eigenvalue weighted by Crippen LogP contribution is 2.36. The Morgan fingerprint density at radius 1 is 0.891 bits per heavy atom. The summed E-state index contributed by atoms with van der Waals surface area (Å²) in [5, 5.41) is 20.2. The minimum atomic E-state index is -0.506. The van der Waals surface area contributed by atoms with E-state index >= 15 is 0 Å². The number of hydrogen-bond acceptors (Lipinski definition) is 6. The van der Waals surface area contributed by atoms with E-state index in [1.165, 1.54) is 23.1 Å². The molecule has 0 radical (unpaired) electrons. The summed E-state index contributed by atoms with van der Waals surface area (Å²) in [5.74, 6) is -1.17. The van der Waals surface area contributed by atoms with Gasteiger partial charge in [0.2, 0.25) is 5.91 Å². The Balaban J connectivity index is 1.28. The fourth-order valence-electron chi connectivity index (χ4n) is 4.41. The lowest BCUT2D eigenvalue weighted by Gasteiger charge is -2.14. The zero-order valence-electron chi connectivity index (χ0n) is 24.5. The number of carbonyl (C=O) groups excluding carboxylic acids is 3. The normalized spacial score (nSPS) is 11.6. The maximum absolute atomic E-state index is 13.5. The lowest BCUT2D eigenvalue weighted by molar-refractivity contribution is -0.115. The quantitative estimate of drug-likeness (QED) is 0.0995. The third-order valence-electron chi connectivity index (χ3n) is 6.69. The second-order valence-electron chi connectivity index (χ2n) is 10.00. The van der Waals surface area contributed by atoms with Gasteiger partial charge in [-0.2, -0.15) is 5.26 Å². The van der Waals surface area contributed by atoms with Crippen molar-refractivity contribution in [2.75, 3.05) is 10.6 Å². The molecule has 0 saturated heterocycles. The van der Waals surface area contributed by atoms with Gasteiger partial charge >= 0.3 is 0 Å². The Hall–Kier alpha value is -4.95. The molecule has 0 saturated carbocycles. The lowest BCUT2D eigenvalue weighted by atomic mass is 10.1. The maximum atomic E-state index is 13.5. The average Bonchev–Trinajstić information content (AvgIpc) is 3.47. The summed E-state index contributed by atoms with van der Waals surface area (Å²) in [5.41, 5.74) is 3.82. The third-order valence-corrected chi connectivity index (χ3v) is 9.17. The van der Waals surface area contributed by atoms with Gasteiger partial charge in [0.1, 0.15) is 16.8 Å². The number of halogens is 1. The van der Waals surface area contributed by atoms with Crippen LogP contribution in [-0.4, -0.2) is 23.0 Å². The van der Waals surface area contributed by atoms with E-state index < -0.39 is 17.1 Å². The molecule has 10 heteroatoms. The van der Waals surface area contributed by atoms with Crippen molar-refractivity contribution in [2.24, 2.45) is 0 Å². The summed E-state index contributed by atoms with van der Waals surface area (Å²) in [7, 11) is 0. The number of rotatable bonds is 10. The molecule has 1 unspecified atom stereocenters. The van der Waals surface area contributed by atoms with Crippen LogP contribution in [0, 0.1) is 11.3 Å². The zero-order chi connectivity index (χ0) is 32.5. The average molecular weight is 708 g/mol. The predicted octanol–water partition coefficient (Wildman–Crippen LogP) is 8.58. The molecule has 5 aromatic rings. The topological polar surface area (TPSA) is 111 Å². The van der Waals surface area contributed by atoms with E-state index in [4.69, 9.17) is 0 Å². The van der Waals surface area contributed by atoms with Crippen LogP contribution in [0.2, 0.25) is 0 Å². The van der Waals surface area contributed by atoms with E-state index in [0.717, 1.165) is 26.1 Å². The fraction of sp³-hybridized carbons (Fsp3) is 0.0556. The Labute approximate surface area is 283 Å². The van der Waals surface area contributed by atoms with Crippen molar-refractivity contribution in [3.05, 3.63) is 141 Å². The molecule has 1 heterocycles. The van der Waals surface area contributed by atoms with Crippen molar-refractivity contribution < 1.29 is 14.4 Å². The van der Waals surface area contributed by atoms with Crippen LogP contribution < -0.4 is 16.0 Å². The van der Waals surface area contributed by atoms with Crippen molar-refractivity contribution in [1.29, 1.82) is 5.26 Å². The summed E-state index contributed by atoms with van der Waals surface area (Å²) < 4.78 is 0.831. The summed E-state index contributed by atoms with van der Waals surface area (Å²) >= 11 is 6.08. The monoisotopic (exact) mass is 706 g/mol. The predicted molar refractivity (Wildman–Crippen MR) is 190 cm³/mol. The highest BCUT2D eigenvalue weighted by molar-refractivity contribution is 9.10. The van der Waals surface area contributed by atoms with Crippen molar-refractivity contribution in [2.45, 2.75) is 17.1 Å². The molecule has 4 aromatic carbocycles. The number of nitriles is 1. The standard InChI is InChI=1S/C36H27BrN4O3S2/c1-23(33(42)41-36-30(21-38)31(22-45-36)25-11-4-2-5-12-25)46-29-17-9-16-28(20-29)39-35(44)32(19-24-10-8-15-27(37)18-24)40-34(43)26-13-6-3-7-14-26/h2-20,22-23H,1H3,(H,39,44)(H,40,43)(H,41,42)/b32-19+. The lowest BCUT2D eigenvalue weighted by Crippen LogP contribution is -2.30. The van der Waals surface area contributed by atoms with Gasteiger partial charge in [0.15, 0.2) is 0 Å². The van der Waals surface area contributed by atoms with E-state index in [-0.39, 0.29) is 11.6 Å². The van der Waals surface area contributed by atoms with Gasteiger partial charge in [-0.3, -0.25) is 14.4 Å². The minimum absolute atomic E-state index is 0.0665. The Bertz CT molecular complexity index is 1950. The first-order chi connectivity index (χ1) is 22.3. The number of anilines is 2. The van der Waals surface area contributed by atoms with E-state index in [1.807, 2.05) is 72.1 Å². The summed E-state index contributed by atoms with van der Waals surface area (Å²) in [4.78, 5) is 40.3. The molecule has 0 aliphatic carbocycles. The van der Waals surface area contributed by atoms with Crippen LogP contribution >= 0.6 is 39.0 Å². The Morgan fingerprint density at radius 3 is 2.33 bits per heavy atom. The van der Waals surface area contributed by atoms with Gasteiger partial charge in [0, 0.05) is 31.6 Å². The molecule has 0 spiro atoms. The Morgan fingerprint density at radius 2 is 1.61 bits per heavy atom. The van der Waals surface area contributed by atoms with Crippen LogP contribution in [0.15, 0.2) is 130 Å². The second kappa shape index (κ2) is 15.4. The van der Waals surface area contributed by atoms with Gasteiger partial charge < -0.3 is 16.0 Å². The van der Waals surface area contributed by atoms with Crippen molar-refractivity contribution in [1.82, 2.24) is 5.32 Å². The number of hydrogen-bond donors (Lipinski definition) is 3. The summed E-state index contributed by atoms with van der Waals surface area (Å²) in [6, 6.07) is 35.0. The van der Waals surface area contributed by atoms with Crippen LogP contribution in [0.5, 0.6) is 0 Å². The van der Waals surface area contributed by atoms with Gasteiger partial charge in [-0.1, -0.05) is 82.7 Å². The Kier molecular flexibility index (Phi) is 10.8. The van der Waals surface area contributed by atoms with Gasteiger partial charge in [-0.25, -0.2) is 0 Å². The molecule has 3 N–H and O–H groups in total.